The molecule has 0 spiro atoms. The van der Waals surface area contributed by atoms with E-state index in [-0.39, 0.29) is 29.2 Å². The summed E-state index contributed by atoms with van der Waals surface area (Å²) in [6.45, 7) is 1.84. The van der Waals surface area contributed by atoms with E-state index in [1.807, 2.05) is 31.2 Å². The summed E-state index contributed by atoms with van der Waals surface area (Å²) in [7, 11) is 1.48. The zero-order valence-corrected chi connectivity index (χ0v) is 22.2. The minimum absolute atomic E-state index is 0.0830. The van der Waals surface area contributed by atoms with Gasteiger partial charge in [0.05, 0.1) is 28.6 Å². The molecule has 0 aliphatic carbocycles. The van der Waals surface area contributed by atoms with Crippen molar-refractivity contribution in [1.82, 2.24) is 4.90 Å². The molecule has 3 amide bonds. The standard InChI is InChI=1S/C27H22Cl2N2O5S/c1-16-3-7-19(8-4-16)30-25(32)15-36-22-10-6-17(12-23(22)35-2)13-24-26(33)31(27(34)37-24)14-18-5-9-20(28)21(29)11-18/h3-13H,14-15H2,1-2H3,(H,30,32)/b24-13-. The van der Waals surface area contributed by atoms with E-state index in [2.05, 4.69) is 5.32 Å². The zero-order valence-electron chi connectivity index (χ0n) is 19.9. The molecule has 7 nitrogen and oxygen atoms in total. The Hall–Kier alpha value is -3.46. The third-order valence-corrected chi connectivity index (χ3v) is 7.02. The van der Waals surface area contributed by atoms with Crippen molar-refractivity contribution in [3.8, 4) is 11.5 Å². The van der Waals surface area contributed by atoms with E-state index in [0.29, 0.717) is 38.4 Å². The van der Waals surface area contributed by atoms with Crippen LogP contribution in [0.1, 0.15) is 16.7 Å². The van der Waals surface area contributed by atoms with Gasteiger partial charge in [-0.1, -0.05) is 53.0 Å². The number of benzene rings is 3. The maximum absolute atomic E-state index is 12.9. The smallest absolute Gasteiger partial charge is 0.293 e. The molecule has 0 bridgehead atoms. The van der Waals surface area contributed by atoms with Crippen molar-refractivity contribution >= 4 is 63.8 Å². The molecule has 1 aliphatic heterocycles. The van der Waals surface area contributed by atoms with Gasteiger partial charge in [-0.3, -0.25) is 19.3 Å². The Balaban J connectivity index is 1.42. The minimum Gasteiger partial charge on any atom is -0.493 e. The predicted molar refractivity (Wildman–Crippen MR) is 146 cm³/mol. The van der Waals surface area contributed by atoms with Crippen LogP contribution in [0.2, 0.25) is 10.0 Å². The lowest BCUT2D eigenvalue weighted by Crippen LogP contribution is -2.27. The second-order valence-corrected chi connectivity index (χ2v) is 9.94. The number of nitrogens with zero attached hydrogens (tertiary/aromatic N) is 1. The third-order valence-electron chi connectivity index (χ3n) is 5.38. The van der Waals surface area contributed by atoms with E-state index in [1.165, 1.54) is 7.11 Å². The van der Waals surface area contributed by atoms with E-state index in [0.717, 1.165) is 22.2 Å². The lowest BCUT2D eigenvalue weighted by molar-refractivity contribution is -0.123. The van der Waals surface area contributed by atoms with Crippen molar-refractivity contribution in [3.63, 3.8) is 0 Å². The van der Waals surface area contributed by atoms with Crippen LogP contribution in [0.3, 0.4) is 0 Å². The summed E-state index contributed by atoms with van der Waals surface area (Å²) in [5.74, 6) is 0.0251. The number of aryl methyl sites for hydroxylation is 1. The average molecular weight is 557 g/mol. The largest absolute Gasteiger partial charge is 0.493 e. The summed E-state index contributed by atoms with van der Waals surface area (Å²) in [6, 6.07) is 17.4. The van der Waals surface area contributed by atoms with Crippen molar-refractivity contribution in [1.29, 1.82) is 0 Å². The van der Waals surface area contributed by atoms with Crippen molar-refractivity contribution in [2.45, 2.75) is 13.5 Å². The number of rotatable bonds is 8. The van der Waals surface area contributed by atoms with Gasteiger partial charge < -0.3 is 14.8 Å². The molecule has 3 aromatic carbocycles. The van der Waals surface area contributed by atoms with Crippen molar-refractivity contribution in [2.75, 3.05) is 19.0 Å². The molecule has 190 valence electrons. The fourth-order valence-electron chi connectivity index (χ4n) is 3.48. The topological polar surface area (TPSA) is 84.9 Å². The number of carbonyl (C=O) groups is 3. The SMILES string of the molecule is COc1cc(/C=C2\SC(=O)N(Cc3ccc(Cl)c(Cl)c3)C2=O)ccc1OCC(=O)Nc1ccc(C)cc1. The molecule has 1 heterocycles. The Kier molecular flexibility index (Phi) is 8.43. The van der Waals surface area contributed by atoms with Gasteiger partial charge >= 0.3 is 0 Å². The number of halogens is 2. The second-order valence-electron chi connectivity index (χ2n) is 8.13. The number of methoxy groups -OCH3 is 1. The van der Waals surface area contributed by atoms with Gasteiger partial charge in [0, 0.05) is 5.69 Å². The van der Waals surface area contributed by atoms with E-state index in [1.54, 1.807) is 42.5 Å². The maximum atomic E-state index is 12.9. The molecule has 3 aromatic rings. The third kappa shape index (κ3) is 6.65. The Morgan fingerprint density at radius 2 is 1.76 bits per heavy atom. The van der Waals surface area contributed by atoms with Gasteiger partial charge in [0.15, 0.2) is 18.1 Å². The van der Waals surface area contributed by atoms with Crippen LogP contribution < -0.4 is 14.8 Å². The first-order valence-electron chi connectivity index (χ1n) is 11.1. The minimum atomic E-state index is -0.409. The number of amides is 3. The van der Waals surface area contributed by atoms with E-state index in [9.17, 15) is 14.4 Å². The zero-order chi connectivity index (χ0) is 26.5. The van der Waals surface area contributed by atoms with Crippen LogP contribution in [0.5, 0.6) is 11.5 Å². The molecular weight excluding hydrogens is 535 g/mol. The highest BCUT2D eigenvalue weighted by molar-refractivity contribution is 8.18. The van der Waals surface area contributed by atoms with Crippen molar-refractivity contribution < 1.29 is 23.9 Å². The number of imide groups is 1. The first-order valence-corrected chi connectivity index (χ1v) is 12.7. The molecule has 0 unspecified atom stereocenters. The van der Waals surface area contributed by atoms with E-state index < -0.39 is 5.91 Å². The number of ether oxygens (including phenoxy) is 2. The molecule has 1 fully saturated rings. The number of thioether (sulfide) groups is 1. The van der Waals surface area contributed by atoms with Gasteiger partial charge in [-0.2, -0.15) is 0 Å². The van der Waals surface area contributed by atoms with Crippen LogP contribution in [-0.4, -0.2) is 35.7 Å². The van der Waals surface area contributed by atoms with E-state index >= 15 is 0 Å². The molecule has 1 aliphatic rings. The first kappa shape index (κ1) is 26.6. The summed E-state index contributed by atoms with van der Waals surface area (Å²) in [5, 5.41) is 3.13. The van der Waals surface area contributed by atoms with E-state index in [4.69, 9.17) is 32.7 Å². The van der Waals surface area contributed by atoms with Gasteiger partial charge in [0.25, 0.3) is 17.1 Å². The van der Waals surface area contributed by atoms with Crippen LogP contribution in [-0.2, 0) is 16.1 Å². The molecular formula is C27H22Cl2N2O5S. The fraction of sp³-hybridized carbons (Fsp3) is 0.148. The van der Waals surface area contributed by atoms with Crippen LogP contribution in [0, 0.1) is 6.92 Å². The summed E-state index contributed by atoms with van der Waals surface area (Å²) in [6.07, 6.45) is 1.61. The summed E-state index contributed by atoms with van der Waals surface area (Å²) in [4.78, 5) is 39.1. The van der Waals surface area contributed by atoms with Crippen LogP contribution >= 0.6 is 35.0 Å². The Labute approximate surface area is 228 Å². The second kappa shape index (κ2) is 11.7. The van der Waals surface area contributed by atoms with Crippen molar-refractivity contribution in [3.05, 3.63) is 92.3 Å². The summed E-state index contributed by atoms with van der Waals surface area (Å²) in [5.41, 5.74) is 3.09. The predicted octanol–water partition coefficient (Wildman–Crippen LogP) is 6.56. The Morgan fingerprint density at radius 1 is 1.00 bits per heavy atom. The lowest BCUT2D eigenvalue weighted by Gasteiger charge is -2.13. The lowest BCUT2D eigenvalue weighted by atomic mass is 10.1. The number of nitrogens with one attached hydrogen (secondary N) is 1. The fourth-order valence-corrected chi connectivity index (χ4v) is 4.64. The highest BCUT2D eigenvalue weighted by Crippen LogP contribution is 2.36. The molecule has 10 heteroatoms. The highest BCUT2D eigenvalue weighted by Gasteiger charge is 2.35. The van der Waals surface area contributed by atoms with Crippen LogP contribution in [0.25, 0.3) is 6.08 Å². The molecule has 37 heavy (non-hydrogen) atoms. The quantitative estimate of drug-likeness (QED) is 0.316. The molecule has 0 aromatic heterocycles. The van der Waals surface area contributed by atoms with Gasteiger partial charge in [-0.25, -0.2) is 0 Å². The maximum Gasteiger partial charge on any atom is 0.293 e. The molecule has 0 atom stereocenters. The van der Waals surface area contributed by atoms with Crippen LogP contribution in [0.15, 0.2) is 65.6 Å². The molecule has 1 saturated heterocycles. The van der Waals surface area contributed by atoms with Gasteiger partial charge in [-0.15, -0.1) is 0 Å². The Bertz CT molecular complexity index is 1390. The first-order chi connectivity index (χ1) is 17.7. The molecule has 4 rings (SSSR count). The number of hydrogen-bond acceptors (Lipinski definition) is 6. The molecule has 0 saturated carbocycles. The normalized spacial score (nSPS) is 14.3. The van der Waals surface area contributed by atoms with Gasteiger partial charge in [0.1, 0.15) is 0 Å². The Morgan fingerprint density at radius 3 is 2.46 bits per heavy atom. The van der Waals surface area contributed by atoms with Crippen molar-refractivity contribution in [2.24, 2.45) is 0 Å². The average Bonchev–Trinajstić information content (AvgIpc) is 3.14. The monoisotopic (exact) mass is 556 g/mol. The molecule has 0 radical (unpaired) electrons. The van der Waals surface area contributed by atoms with Gasteiger partial charge in [0.2, 0.25) is 0 Å². The number of carbonyl (C=O) groups excluding carboxylic acids is 3. The van der Waals surface area contributed by atoms with Crippen LogP contribution in [0.4, 0.5) is 10.5 Å². The van der Waals surface area contributed by atoms with Gasteiger partial charge in [-0.05, 0) is 72.3 Å². The highest BCUT2D eigenvalue weighted by atomic mass is 35.5. The molecule has 1 N–H and O–H groups in total. The number of hydrogen-bond donors (Lipinski definition) is 1. The summed E-state index contributed by atoms with van der Waals surface area (Å²) < 4.78 is 11.0. The number of anilines is 1. The summed E-state index contributed by atoms with van der Waals surface area (Å²) >= 11 is 12.8.